The topological polar surface area (TPSA) is 54.0 Å². The van der Waals surface area contributed by atoms with Crippen molar-refractivity contribution in [3.63, 3.8) is 0 Å². The van der Waals surface area contributed by atoms with Gasteiger partial charge in [-0.2, -0.15) is 0 Å². The van der Waals surface area contributed by atoms with Crippen LogP contribution in [0.5, 0.6) is 0 Å². The lowest BCUT2D eigenvalue weighted by Crippen LogP contribution is -2.45. The van der Waals surface area contributed by atoms with Crippen molar-refractivity contribution in [2.45, 2.75) is 26.8 Å². The first kappa shape index (κ1) is 16.3. The van der Waals surface area contributed by atoms with E-state index in [2.05, 4.69) is 6.58 Å². The van der Waals surface area contributed by atoms with Crippen molar-refractivity contribution in [2.24, 2.45) is 5.92 Å². The van der Waals surface area contributed by atoms with Crippen LogP contribution in [0.2, 0.25) is 6.04 Å². The zero-order chi connectivity index (χ0) is 13.5. The lowest BCUT2D eigenvalue weighted by Gasteiger charge is -2.27. The second-order valence-electron chi connectivity index (χ2n) is 4.16. The van der Waals surface area contributed by atoms with E-state index in [1.807, 2.05) is 13.8 Å². The number of hydrogen-bond acceptors (Lipinski definition) is 5. The maximum absolute atomic E-state index is 11.2. The van der Waals surface area contributed by atoms with E-state index < -0.39 is 14.8 Å². The summed E-state index contributed by atoms with van der Waals surface area (Å²) in [6.07, 6.45) is 0. The van der Waals surface area contributed by atoms with Crippen molar-refractivity contribution in [1.82, 2.24) is 0 Å². The van der Waals surface area contributed by atoms with Crippen LogP contribution in [-0.2, 0) is 22.8 Å². The van der Waals surface area contributed by atoms with Crippen LogP contribution < -0.4 is 0 Å². The number of carbonyl (C=O) groups is 1. The fourth-order valence-corrected chi connectivity index (χ4v) is 3.31. The van der Waals surface area contributed by atoms with E-state index in [1.54, 1.807) is 21.1 Å². The van der Waals surface area contributed by atoms with Gasteiger partial charge in [-0.3, -0.25) is 0 Å². The van der Waals surface area contributed by atoms with E-state index in [1.165, 1.54) is 0 Å². The van der Waals surface area contributed by atoms with Gasteiger partial charge >= 0.3 is 14.8 Å². The van der Waals surface area contributed by atoms with Crippen molar-refractivity contribution in [3.8, 4) is 0 Å². The first-order valence-corrected chi connectivity index (χ1v) is 7.37. The summed E-state index contributed by atoms with van der Waals surface area (Å²) in [7, 11) is 0.366. The molecule has 0 bridgehead atoms. The largest absolute Gasteiger partial charge is 0.503 e. The van der Waals surface area contributed by atoms with Gasteiger partial charge in [0.2, 0.25) is 0 Å². The Kier molecular flexibility index (Phi) is 7.29. The molecule has 0 heterocycles. The summed E-state index contributed by atoms with van der Waals surface area (Å²) in [5, 5.41) is 0. The molecule has 0 unspecified atom stereocenters. The second kappa shape index (κ2) is 7.60. The average Bonchev–Trinajstić information content (AvgIpc) is 2.26. The summed E-state index contributed by atoms with van der Waals surface area (Å²) in [5.41, 5.74) is 0.333. The van der Waals surface area contributed by atoms with Gasteiger partial charge in [-0.15, -0.1) is 0 Å². The predicted molar refractivity (Wildman–Crippen MR) is 66.3 cm³/mol. The van der Waals surface area contributed by atoms with E-state index in [-0.39, 0.29) is 6.79 Å². The van der Waals surface area contributed by atoms with Crippen LogP contribution >= 0.6 is 0 Å². The van der Waals surface area contributed by atoms with E-state index >= 15 is 0 Å². The summed E-state index contributed by atoms with van der Waals surface area (Å²) in [5.74, 6) is -0.108. The van der Waals surface area contributed by atoms with Crippen molar-refractivity contribution < 1.29 is 22.8 Å². The molecule has 0 atom stereocenters. The molecule has 0 fully saturated rings. The van der Waals surface area contributed by atoms with E-state index in [9.17, 15) is 4.79 Å². The first-order chi connectivity index (χ1) is 7.87. The highest BCUT2D eigenvalue weighted by atomic mass is 28.4. The molecule has 0 radical (unpaired) electrons. The predicted octanol–water partition coefficient (Wildman–Crippen LogP) is 1.97. The molecule has 0 aromatic rings. The molecule has 5 nitrogen and oxygen atoms in total. The van der Waals surface area contributed by atoms with Gasteiger partial charge in [0.15, 0.2) is 6.79 Å². The highest BCUT2D eigenvalue weighted by Crippen LogP contribution is 2.19. The highest BCUT2D eigenvalue weighted by Gasteiger charge is 2.40. The molecular weight excluding hydrogens is 240 g/mol. The van der Waals surface area contributed by atoms with Crippen molar-refractivity contribution in [1.29, 1.82) is 0 Å². The fourth-order valence-electron chi connectivity index (χ4n) is 1.22. The Morgan fingerprint density at radius 3 is 2.18 bits per heavy atom. The maximum Gasteiger partial charge on any atom is 0.503 e. The molecule has 0 aromatic carbocycles. The zero-order valence-electron chi connectivity index (χ0n) is 11.2. The van der Waals surface area contributed by atoms with Gasteiger partial charge in [-0.1, -0.05) is 20.4 Å². The van der Waals surface area contributed by atoms with Crippen LogP contribution in [0, 0.1) is 5.92 Å². The summed E-state index contributed by atoms with van der Waals surface area (Å²) in [4.78, 5) is 11.2. The van der Waals surface area contributed by atoms with Crippen LogP contribution in [0.15, 0.2) is 12.2 Å². The van der Waals surface area contributed by atoms with E-state index in [4.69, 9.17) is 18.0 Å². The first-order valence-electron chi connectivity index (χ1n) is 5.43. The molecule has 0 spiro atoms. The van der Waals surface area contributed by atoms with E-state index in [0.717, 1.165) is 0 Å². The van der Waals surface area contributed by atoms with Crippen molar-refractivity contribution in [2.75, 3.05) is 21.0 Å². The molecule has 6 heteroatoms. The van der Waals surface area contributed by atoms with Crippen LogP contribution in [-0.4, -0.2) is 35.8 Å². The molecule has 0 aliphatic rings. The Bertz CT molecular complexity index is 261. The molecule has 0 aliphatic heterocycles. The summed E-state index contributed by atoms with van der Waals surface area (Å²) < 4.78 is 21.0. The van der Waals surface area contributed by atoms with Gasteiger partial charge in [0, 0.05) is 25.8 Å². The van der Waals surface area contributed by atoms with Crippen LogP contribution in [0.4, 0.5) is 0 Å². The smallest absolute Gasteiger partial charge is 0.436 e. The Morgan fingerprint density at radius 2 is 1.82 bits per heavy atom. The standard InChI is InChI=1S/C11H22O5Si/c1-9(2)7-17(13-5,14-6)16-8-15-11(12)10(3)4/h9H,3,7-8H2,1-2,4-6H3. The Morgan fingerprint density at radius 1 is 1.29 bits per heavy atom. The molecule has 0 aromatic heterocycles. The number of esters is 1. The molecular formula is C11H22O5Si. The van der Waals surface area contributed by atoms with Crippen molar-refractivity contribution in [3.05, 3.63) is 12.2 Å². The monoisotopic (exact) mass is 262 g/mol. The summed E-state index contributed by atoms with van der Waals surface area (Å²) >= 11 is 0. The SMILES string of the molecule is C=C(C)C(=O)OCO[Si](CC(C)C)(OC)OC. The number of carbonyl (C=O) groups excluding carboxylic acids is 1. The molecule has 100 valence electrons. The minimum Gasteiger partial charge on any atom is -0.436 e. The quantitative estimate of drug-likeness (QED) is 0.290. The normalized spacial score (nSPS) is 11.6. The second-order valence-corrected chi connectivity index (χ2v) is 7.04. The van der Waals surface area contributed by atoms with Gasteiger partial charge in [0.25, 0.3) is 0 Å². The minimum absolute atomic E-state index is 0.174. The lowest BCUT2D eigenvalue weighted by atomic mass is 10.3. The van der Waals surface area contributed by atoms with Gasteiger partial charge in [-0.25, -0.2) is 4.79 Å². The van der Waals surface area contributed by atoms with Crippen LogP contribution in [0.3, 0.4) is 0 Å². The number of ether oxygens (including phenoxy) is 1. The maximum atomic E-state index is 11.2. The van der Waals surface area contributed by atoms with Gasteiger partial charge in [0.05, 0.1) is 0 Å². The molecule has 0 amide bonds. The van der Waals surface area contributed by atoms with Gasteiger partial charge < -0.3 is 18.0 Å². The molecule has 0 aliphatic carbocycles. The third-order valence-electron chi connectivity index (χ3n) is 2.10. The molecule has 0 saturated carbocycles. The van der Waals surface area contributed by atoms with Crippen LogP contribution in [0.25, 0.3) is 0 Å². The molecule has 0 N–H and O–H groups in total. The third kappa shape index (κ3) is 5.97. The highest BCUT2D eigenvalue weighted by molar-refractivity contribution is 6.60. The summed E-state index contributed by atoms with van der Waals surface area (Å²) in [6.45, 7) is 8.97. The van der Waals surface area contributed by atoms with Gasteiger partial charge in [0.1, 0.15) is 0 Å². The third-order valence-corrected chi connectivity index (χ3v) is 5.22. The number of rotatable bonds is 8. The Hall–Kier alpha value is -0.693. The molecule has 0 rings (SSSR count). The van der Waals surface area contributed by atoms with Crippen molar-refractivity contribution >= 4 is 14.8 Å². The average molecular weight is 262 g/mol. The zero-order valence-corrected chi connectivity index (χ0v) is 12.2. The van der Waals surface area contributed by atoms with Gasteiger partial charge in [-0.05, 0) is 12.8 Å². The number of hydrogen-bond donors (Lipinski definition) is 0. The fraction of sp³-hybridized carbons (Fsp3) is 0.727. The van der Waals surface area contributed by atoms with E-state index in [0.29, 0.717) is 17.5 Å². The molecule has 17 heavy (non-hydrogen) atoms. The lowest BCUT2D eigenvalue weighted by molar-refractivity contribution is -0.147. The minimum atomic E-state index is -2.72. The Balaban J connectivity index is 4.26. The van der Waals surface area contributed by atoms with Crippen LogP contribution in [0.1, 0.15) is 20.8 Å². The molecule has 0 saturated heterocycles. The Labute approximate surface area is 104 Å². The summed E-state index contributed by atoms with van der Waals surface area (Å²) in [6, 6.07) is 0.671.